The maximum Gasteiger partial charge on any atom is 0.416 e. The van der Waals surface area contributed by atoms with Crippen molar-refractivity contribution in [3.63, 3.8) is 0 Å². The van der Waals surface area contributed by atoms with E-state index in [4.69, 9.17) is 4.74 Å². The summed E-state index contributed by atoms with van der Waals surface area (Å²) >= 11 is 0. The molecule has 8 heteroatoms. The molecular formula is C25H19F3N2O3. The predicted molar refractivity (Wildman–Crippen MR) is 116 cm³/mol. The number of carbonyl (C=O) groups excluding carboxylic acids is 2. The van der Waals surface area contributed by atoms with Crippen LogP contribution in [0.15, 0.2) is 66.7 Å². The molecule has 3 aromatic carbocycles. The molecule has 33 heavy (non-hydrogen) atoms. The predicted octanol–water partition coefficient (Wildman–Crippen LogP) is 5.42. The van der Waals surface area contributed by atoms with Crippen LogP contribution in [0, 0.1) is 0 Å². The van der Waals surface area contributed by atoms with E-state index in [-0.39, 0.29) is 30.5 Å². The minimum Gasteiger partial charge on any atom is -0.487 e. The molecule has 2 amide bonds. The number of imide groups is 1. The van der Waals surface area contributed by atoms with Gasteiger partial charge in [-0.2, -0.15) is 13.2 Å². The maximum atomic E-state index is 13.7. The van der Waals surface area contributed by atoms with Gasteiger partial charge in [-0.05, 0) is 42.8 Å². The number of anilines is 2. The van der Waals surface area contributed by atoms with Gasteiger partial charge in [0.05, 0.1) is 22.4 Å². The summed E-state index contributed by atoms with van der Waals surface area (Å²) in [5.41, 5.74) is 1.10. The molecule has 168 valence electrons. The van der Waals surface area contributed by atoms with Crippen molar-refractivity contribution in [1.82, 2.24) is 4.90 Å². The summed E-state index contributed by atoms with van der Waals surface area (Å²) in [5, 5.41) is 0. The van der Waals surface area contributed by atoms with Gasteiger partial charge in [-0.15, -0.1) is 0 Å². The topological polar surface area (TPSA) is 49.9 Å². The summed E-state index contributed by atoms with van der Waals surface area (Å²) in [7, 11) is 0. The van der Waals surface area contributed by atoms with E-state index in [0.717, 1.165) is 6.07 Å². The zero-order valence-electron chi connectivity index (χ0n) is 17.4. The number of rotatable bonds is 4. The lowest BCUT2D eigenvalue weighted by atomic mass is 10.0. The van der Waals surface area contributed by atoms with Gasteiger partial charge in [-0.25, -0.2) is 0 Å². The largest absolute Gasteiger partial charge is 0.487 e. The van der Waals surface area contributed by atoms with Crippen LogP contribution in [0.4, 0.5) is 24.5 Å². The molecule has 2 heterocycles. The number of para-hydroxylation sites is 2. The van der Waals surface area contributed by atoms with Gasteiger partial charge in [0.15, 0.2) is 0 Å². The van der Waals surface area contributed by atoms with Gasteiger partial charge in [0, 0.05) is 24.3 Å². The van der Waals surface area contributed by atoms with Gasteiger partial charge in [0.25, 0.3) is 11.8 Å². The van der Waals surface area contributed by atoms with Crippen molar-refractivity contribution < 1.29 is 27.5 Å². The lowest BCUT2D eigenvalue weighted by Crippen LogP contribution is -2.33. The summed E-state index contributed by atoms with van der Waals surface area (Å²) in [4.78, 5) is 28.2. The number of hydrogen-bond acceptors (Lipinski definition) is 4. The minimum atomic E-state index is -4.52. The first-order valence-electron chi connectivity index (χ1n) is 10.5. The summed E-state index contributed by atoms with van der Waals surface area (Å²) < 4.78 is 46.8. The van der Waals surface area contributed by atoms with Crippen LogP contribution in [-0.4, -0.2) is 29.8 Å². The SMILES string of the molecule is O=C1c2ccccc2C(=O)N1CCCN1c2ccccc2OCc2c1cccc2C(F)(F)F. The molecule has 0 bridgehead atoms. The molecule has 0 saturated heterocycles. The molecule has 5 nitrogen and oxygen atoms in total. The highest BCUT2D eigenvalue weighted by atomic mass is 19.4. The van der Waals surface area contributed by atoms with Crippen molar-refractivity contribution in [3.8, 4) is 5.75 Å². The van der Waals surface area contributed by atoms with Crippen LogP contribution in [0.2, 0.25) is 0 Å². The second kappa shape index (κ2) is 7.95. The summed E-state index contributed by atoms with van der Waals surface area (Å²) in [6, 6.07) is 17.8. The number of carbonyl (C=O) groups is 2. The normalized spacial score (nSPS) is 15.0. The van der Waals surface area contributed by atoms with Gasteiger partial charge in [-0.3, -0.25) is 14.5 Å². The third-order valence-corrected chi connectivity index (χ3v) is 5.92. The monoisotopic (exact) mass is 452 g/mol. The van der Waals surface area contributed by atoms with Gasteiger partial charge in [0.1, 0.15) is 12.4 Å². The second-order valence-corrected chi connectivity index (χ2v) is 7.87. The standard InChI is InChI=1S/C25H19F3N2O3/c26-25(27,28)19-9-5-11-20-18(19)15-33-22-12-4-3-10-21(22)29(20)13-6-14-30-23(31)16-7-1-2-8-17(16)24(30)32/h1-5,7-12H,6,13-15H2. The highest BCUT2D eigenvalue weighted by Crippen LogP contribution is 2.43. The van der Waals surface area contributed by atoms with Crippen LogP contribution in [0.1, 0.15) is 38.3 Å². The van der Waals surface area contributed by atoms with Crippen molar-refractivity contribution >= 4 is 23.2 Å². The summed E-state index contributed by atoms with van der Waals surface area (Å²) in [5.74, 6) is -0.229. The number of alkyl halides is 3. The van der Waals surface area contributed by atoms with E-state index in [0.29, 0.717) is 41.2 Å². The van der Waals surface area contributed by atoms with Gasteiger partial charge in [0.2, 0.25) is 0 Å². The molecular weight excluding hydrogens is 433 g/mol. The fraction of sp³-hybridized carbons (Fsp3) is 0.200. The zero-order valence-corrected chi connectivity index (χ0v) is 17.4. The number of nitrogens with zero attached hydrogens (tertiary/aromatic N) is 2. The first kappa shape index (κ1) is 21.1. The highest BCUT2D eigenvalue weighted by molar-refractivity contribution is 6.21. The van der Waals surface area contributed by atoms with Crippen molar-refractivity contribution in [2.45, 2.75) is 19.2 Å². The first-order valence-corrected chi connectivity index (χ1v) is 10.5. The van der Waals surface area contributed by atoms with Crippen LogP contribution < -0.4 is 9.64 Å². The Hall–Kier alpha value is -3.81. The Bertz CT molecular complexity index is 1220. The van der Waals surface area contributed by atoms with E-state index in [1.165, 1.54) is 11.0 Å². The van der Waals surface area contributed by atoms with Gasteiger partial charge < -0.3 is 9.64 Å². The number of amides is 2. The third kappa shape index (κ3) is 3.61. The molecule has 3 aromatic rings. The number of benzene rings is 3. The van der Waals surface area contributed by atoms with Gasteiger partial charge >= 0.3 is 6.18 Å². The van der Waals surface area contributed by atoms with E-state index >= 15 is 0 Å². The molecule has 2 aliphatic rings. The molecule has 0 aromatic heterocycles. The van der Waals surface area contributed by atoms with Crippen LogP contribution in [0.3, 0.4) is 0 Å². The van der Waals surface area contributed by atoms with Crippen molar-refractivity contribution in [2.75, 3.05) is 18.0 Å². The quantitative estimate of drug-likeness (QED) is 0.496. The first-order chi connectivity index (χ1) is 15.9. The fourth-order valence-electron chi connectivity index (χ4n) is 4.40. The summed E-state index contributed by atoms with van der Waals surface area (Å²) in [6.45, 7) is 0.235. The smallest absolute Gasteiger partial charge is 0.416 e. The maximum absolute atomic E-state index is 13.7. The lowest BCUT2D eigenvalue weighted by Gasteiger charge is -2.27. The van der Waals surface area contributed by atoms with Gasteiger partial charge in [-0.1, -0.05) is 30.3 Å². The minimum absolute atomic E-state index is 0.0573. The fourth-order valence-corrected chi connectivity index (χ4v) is 4.40. The zero-order chi connectivity index (χ0) is 23.2. The Morgan fingerprint density at radius 3 is 2.06 bits per heavy atom. The van der Waals surface area contributed by atoms with E-state index in [1.54, 1.807) is 59.5 Å². The number of ether oxygens (including phenoxy) is 1. The summed E-state index contributed by atoms with van der Waals surface area (Å²) in [6.07, 6.45) is -4.15. The van der Waals surface area contributed by atoms with Crippen LogP contribution in [-0.2, 0) is 12.8 Å². The Balaban J connectivity index is 1.44. The Kier molecular flexibility index (Phi) is 5.08. The van der Waals surface area contributed by atoms with Crippen molar-refractivity contribution in [3.05, 3.63) is 89.0 Å². The molecule has 0 unspecified atom stereocenters. The van der Waals surface area contributed by atoms with E-state index in [9.17, 15) is 22.8 Å². The molecule has 0 fully saturated rings. The highest BCUT2D eigenvalue weighted by Gasteiger charge is 2.37. The van der Waals surface area contributed by atoms with Crippen molar-refractivity contribution in [2.24, 2.45) is 0 Å². The number of halogens is 3. The van der Waals surface area contributed by atoms with E-state index in [2.05, 4.69) is 0 Å². The number of hydrogen-bond donors (Lipinski definition) is 0. The molecule has 0 aliphatic carbocycles. The average molecular weight is 452 g/mol. The molecule has 2 aliphatic heterocycles. The number of fused-ring (bicyclic) bond motifs is 3. The van der Waals surface area contributed by atoms with Crippen LogP contribution >= 0.6 is 0 Å². The molecule has 0 spiro atoms. The Morgan fingerprint density at radius 2 is 1.36 bits per heavy atom. The Labute approximate surface area is 188 Å². The molecule has 0 saturated carbocycles. The average Bonchev–Trinajstić information content (AvgIpc) is 2.95. The third-order valence-electron chi connectivity index (χ3n) is 5.92. The molecule has 5 rings (SSSR count). The van der Waals surface area contributed by atoms with Crippen molar-refractivity contribution in [1.29, 1.82) is 0 Å². The second-order valence-electron chi connectivity index (χ2n) is 7.87. The van der Waals surface area contributed by atoms with E-state index < -0.39 is 11.7 Å². The molecule has 0 N–H and O–H groups in total. The van der Waals surface area contributed by atoms with Crippen LogP contribution in [0.5, 0.6) is 5.75 Å². The molecule has 0 radical (unpaired) electrons. The Morgan fingerprint density at radius 1 is 0.758 bits per heavy atom. The molecule has 0 atom stereocenters. The lowest BCUT2D eigenvalue weighted by molar-refractivity contribution is -0.138. The van der Waals surface area contributed by atoms with Crippen LogP contribution in [0.25, 0.3) is 0 Å². The van der Waals surface area contributed by atoms with E-state index in [1.807, 2.05) is 0 Å².